The number of aryl methyl sites for hydroxylation is 1. The van der Waals surface area contributed by atoms with E-state index in [-0.39, 0.29) is 18.5 Å². The molecule has 1 saturated carbocycles. The van der Waals surface area contributed by atoms with Crippen LogP contribution in [0.5, 0.6) is 0 Å². The third-order valence-electron chi connectivity index (χ3n) is 5.98. The number of nitrogens with one attached hydrogen (secondary N) is 1. The number of carboxylic acid groups (broad SMARTS) is 1. The van der Waals surface area contributed by atoms with Crippen molar-refractivity contribution in [2.24, 2.45) is 5.92 Å². The minimum Gasteiger partial charge on any atom is -0.481 e. The lowest BCUT2D eigenvalue weighted by atomic mass is 9.82. The molecule has 1 aliphatic rings. The third kappa shape index (κ3) is 6.04. The Kier molecular flexibility index (Phi) is 8.69. The predicted molar refractivity (Wildman–Crippen MR) is 119 cm³/mol. The molecule has 1 fully saturated rings. The summed E-state index contributed by atoms with van der Waals surface area (Å²) in [4.78, 5) is 12.9. The highest BCUT2D eigenvalue weighted by Gasteiger charge is 2.31. The molecule has 0 radical (unpaired) electrons. The zero-order valence-electron chi connectivity index (χ0n) is 18.0. The average molecular weight is 432 g/mol. The Bertz CT molecular complexity index is 789. The van der Waals surface area contributed by atoms with Crippen LogP contribution in [-0.4, -0.2) is 43.6 Å². The van der Waals surface area contributed by atoms with Crippen LogP contribution in [0, 0.1) is 5.92 Å². The van der Waals surface area contributed by atoms with Gasteiger partial charge in [0, 0.05) is 17.5 Å². The molecule has 2 N–H and O–H groups in total. The Morgan fingerprint density at radius 1 is 1.27 bits per heavy atom. The van der Waals surface area contributed by atoms with Gasteiger partial charge in [-0.1, -0.05) is 44.7 Å². The van der Waals surface area contributed by atoms with Crippen LogP contribution in [0.2, 0.25) is 0 Å². The zero-order chi connectivity index (χ0) is 21.3. The first-order valence-electron chi connectivity index (χ1n) is 11.0. The number of tetrazole rings is 1. The number of hydrogen-bond acceptors (Lipinski definition) is 6. The largest absolute Gasteiger partial charge is 0.481 e. The molecule has 0 aliphatic heterocycles. The minimum atomic E-state index is -0.764. The number of carboxylic acids is 1. The number of unbranched alkanes of at least 4 members (excludes halogenated alkanes) is 1. The Morgan fingerprint density at radius 3 is 2.63 bits per heavy atom. The van der Waals surface area contributed by atoms with Crippen LogP contribution >= 0.6 is 11.8 Å². The second-order valence-electron chi connectivity index (χ2n) is 8.09. The summed E-state index contributed by atoms with van der Waals surface area (Å²) in [5.41, 5.74) is 1.06. The van der Waals surface area contributed by atoms with Gasteiger partial charge in [-0.05, 0) is 59.6 Å². The molecule has 1 aromatic carbocycles. The SMILES string of the molecule is CCCCn1nnnc1C(NC(CC(=O)O)C1CCCCC1)c1ccc(SC)cc1. The van der Waals surface area contributed by atoms with Crippen molar-refractivity contribution in [2.45, 2.75) is 81.8 Å². The first-order chi connectivity index (χ1) is 14.6. The fourth-order valence-corrected chi connectivity index (χ4v) is 4.71. The number of aromatic nitrogens is 4. The van der Waals surface area contributed by atoms with Gasteiger partial charge in [0.15, 0.2) is 5.82 Å². The van der Waals surface area contributed by atoms with Crippen molar-refractivity contribution in [2.75, 3.05) is 6.26 Å². The maximum absolute atomic E-state index is 11.7. The van der Waals surface area contributed by atoms with E-state index < -0.39 is 5.97 Å². The lowest BCUT2D eigenvalue weighted by Gasteiger charge is -2.33. The summed E-state index contributed by atoms with van der Waals surface area (Å²) in [6, 6.07) is 8.05. The Morgan fingerprint density at radius 2 is 2.00 bits per heavy atom. The molecule has 0 bridgehead atoms. The van der Waals surface area contributed by atoms with Crippen LogP contribution in [-0.2, 0) is 11.3 Å². The number of thioether (sulfide) groups is 1. The summed E-state index contributed by atoms with van der Waals surface area (Å²) in [5, 5.41) is 25.8. The molecule has 7 nitrogen and oxygen atoms in total. The van der Waals surface area contributed by atoms with Gasteiger partial charge in [-0.2, -0.15) is 0 Å². The molecular formula is C22H33N5O2S. The van der Waals surface area contributed by atoms with Crippen molar-refractivity contribution in [3.05, 3.63) is 35.7 Å². The van der Waals surface area contributed by atoms with Crippen molar-refractivity contribution in [3.8, 4) is 0 Å². The van der Waals surface area contributed by atoms with Gasteiger partial charge in [-0.3, -0.25) is 10.1 Å². The number of benzene rings is 1. The molecule has 3 rings (SSSR count). The predicted octanol–water partition coefficient (Wildman–Crippen LogP) is 4.30. The smallest absolute Gasteiger partial charge is 0.304 e. The number of nitrogens with zero attached hydrogens (tertiary/aromatic N) is 4. The molecule has 2 aromatic rings. The van der Waals surface area contributed by atoms with E-state index in [0.29, 0.717) is 5.92 Å². The molecule has 1 aromatic heterocycles. The van der Waals surface area contributed by atoms with E-state index in [1.54, 1.807) is 11.8 Å². The molecule has 0 spiro atoms. The Balaban J connectivity index is 1.92. The maximum atomic E-state index is 11.7. The molecule has 0 saturated heterocycles. The molecular weight excluding hydrogens is 398 g/mol. The van der Waals surface area contributed by atoms with E-state index in [2.05, 4.69) is 58.3 Å². The maximum Gasteiger partial charge on any atom is 0.304 e. The van der Waals surface area contributed by atoms with Gasteiger partial charge in [0.2, 0.25) is 0 Å². The van der Waals surface area contributed by atoms with Crippen LogP contribution in [0.4, 0.5) is 0 Å². The molecule has 0 amide bonds. The van der Waals surface area contributed by atoms with E-state index in [9.17, 15) is 9.90 Å². The van der Waals surface area contributed by atoms with Gasteiger partial charge in [0.25, 0.3) is 0 Å². The fourth-order valence-electron chi connectivity index (χ4n) is 4.30. The summed E-state index contributed by atoms with van der Waals surface area (Å²) in [6.45, 7) is 2.90. The first-order valence-corrected chi connectivity index (χ1v) is 12.2. The summed E-state index contributed by atoms with van der Waals surface area (Å²) < 4.78 is 1.86. The van der Waals surface area contributed by atoms with Crippen LogP contribution in [0.15, 0.2) is 29.2 Å². The molecule has 30 heavy (non-hydrogen) atoms. The van der Waals surface area contributed by atoms with Gasteiger partial charge >= 0.3 is 5.97 Å². The van der Waals surface area contributed by atoms with Crippen LogP contribution < -0.4 is 5.32 Å². The van der Waals surface area contributed by atoms with Gasteiger partial charge in [-0.15, -0.1) is 16.9 Å². The van der Waals surface area contributed by atoms with E-state index >= 15 is 0 Å². The highest BCUT2D eigenvalue weighted by atomic mass is 32.2. The quantitative estimate of drug-likeness (QED) is 0.512. The average Bonchev–Trinajstić information content (AvgIpc) is 3.24. The number of aliphatic carboxylic acids is 1. The second kappa shape index (κ2) is 11.5. The summed E-state index contributed by atoms with van der Waals surface area (Å²) in [5.74, 6) is 0.356. The normalized spacial score (nSPS) is 17.0. The Labute approximate surface area is 183 Å². The summed E-state index contributed by atoms with van der Waals surface area (Å²) in [7, 11) is 0. The molecule has 8 heteroatoms. The highest BCUT2D eigenvalue weighted by Crippen LogP contribution is 2.31. The fraction of sp³-hybridized carbons (Fsp3) is 0.636. The van der Waals surface area contributed by atoms with Crippen LogP contribution in [0.1, 0.15) is 75.7 Å². The van der Waals surface area contributed by atoms with Gasteiger partial charge in [-0.25, -0.2) is 4.68 Å². The third-order valence-corrected chi connectivity index (χ3v) is 6.73. The topological polar surface area (TPSA) is 92.9 Å². The molecule has 1 aliphatic carbocycles. The van der Waals surface area contributed by atoms with Crippen molar-refractivity contribution in [3.63, 3.8) is 0 Å². The highest BCUT2D eigenvalue weighted by molar-refractivity contribution is 7.98. The minimum absolute atomic E-state index is 0.107. The van der Waals surface area contributed by atoms with Crippen molar-refractivity contribution < 1.29 is 9.90 Å². The van der Waals surface area contributed by atoms with Crippen LogP contribution in [0.3, 0.4) is 0 Å². The number of hydrogen-bond donors (Lipinski definition) is 2. The van der Waals surface area contributed by atoms with E-state index in [1.807, 2.05) is 4.68 Å². The second-order valence-corrected chi connectivity index (χ2v) is 8.97. The summed E-state index contributed by atoms with van der Waals surface area (Å²) in [6.07, 6.45) is 9.95. The zero-order valence-corrected chi connectivity index (χ0v) is 18.8. The van der Waals surface area contributed by atoms with E-state index in [0.717, 1.165) is 43.6 Å². The van der Waals surface area contributed by atoms with Crippen LogP contribution in [0.25, 0.3) is 0 Å². The molecule has 1 heterocycles. The van der Waals surface area contributed by atoms with Crippen molar-refractivity contribution >= 4 is 17.7 Å². The standard InChI is InChI=1S/C22H33N5O2S/c1-3-4-14-27-22(24-25-26-27)21(17-10-12-18(30-2)13-11-17)23-19(15-20(28)29)16-8-6-5-7-9-16/h10-13,16,19,21,23H,3-9,14-15H2,1-2H3,(H,28,29). The van der Waals surface area contributed by atoms with Gasteiger partial charge < -0.3 is 5.11 Å². The molecule has 2 unspecified atom stereocenters. The number of carbonyl (C=O) groups is 1. The lowest BCUT2D eigenvalue weighted by molar-refractivity contribution is -0.138. The molecule has 164 valence electrons. The van der Waals surface area contributed by atoms with E-state index in [1.165, 1.54) is 24.2 Å². The Hall–Kier alpha value is -1.93. The summed E-state index contributed by atoms with van der Waals surface area (Å²) >= 11 is 1.70. The van der Waals surface area contributed by atoms with Gasteiger partial charge in [0.05, 0.1) is 12.5 Å². The van der Waals surface area contributed by atoms with E-state index in [4.69, 9.17) is 0 Å². The first kappa shape index (κ1) is 22.7. The molecule has 2 atom stereocenters. The monoisotopic (exact) mass is 431 g/mol. The lowest BCUT2D eigenvalue weighted by Crippen LogP contribution is -2.42. The number of rotatable bonds is 11. The van der Waals surface area contributed by atoms with Gasteiger partial charge in [0.1, 0.15) is 0 Å². The van der Waals surface area contributed by atoms with Crippen molar-refractivity contribution in [1.29, 1.82) is 0 Å². The van der Waals surface area contributed by atoms with Crippen molar-refractivity contribution in [1.82, 2.24) is 25.5 Å².